The molecule has 0 unspecified atom stereocenters. The lowest BCUT2D eigenvalue weighted by molar-refractivity contribution is 0.376. The minimum absolute atomic E-state index is 0.319. The first-order valence-electron chi connectivity index (χ1n) is 6.82. The Labute approximate surface area is 123 Å². The van der Waals surface area contributed by atoms with Crippen LogP contribution in [0.1, 0.15) is 36.0 Å². The predicted octanol–water partition coefficient (Wildman–Crippen LogP) is 1.24. The molecule has 0 saturated heterocycles. The molecule has 0 aromatic carbocycles. The molecule has 2 aromatic rings. The van der Waals surface area contributed by atoms with Crippen molar-refractivity contribution >= 4 is 5.96 Å². The highest BCUT2D eigenvalue weighted by Crippen LogP contribution is 2.07. The first kappa shape index (κ1) is 15.0. The Bertz CT molecular complexity index is 596. The lowest BCUT2D eigenvalue weighted by atomic mass is 10.4. The summed E-state index contributed by atoms with van der Waals surface area (Å²) in [5.74, 6) is 3.18. The zero-order chi connectivity index (χ0) is 15.2. The third kappa shape index (κ3) is 4.30. The molecule has 8 heteroatoms. The molecule has 21 heavy (non-hydrogen) atoms. The maximum absolute atomic E-state index is 5.51. The van der Waals surface area contributed by atoms with Crippen LogP contribution in [0.2, 0.25) is 0 Å². The van der Waals surface area contributed by atoms with Gasteiger partial charge < -0.3 is 19.6 Å². The van der Waals surface area contributed by atoms with E-state index in [9.17, 15) is 0 Å². The normalized spacial score (nSPS) is 11.7. The van der Waals surface area contributed by atoms with Crippen LogP contribution >= 0.6 is 0 Å². The fraction of sp³-hybridized carbons (Fsp3) is 0.538. The summed E-state index contributed by atoms with van der Waals surface area (Å²) in [5, 5.41) is 10.0. The first-order valence-corrected chi connectivity index (χ1v) is 6.82. The van der Waals surface area contributed by atoms with E-state index in [2.05, 4.69) is 30.8 Å². The third-order valence-corrected chi connectivity index (χ3v) is 2.77. The molecule has 0 amide bonds. The molecule has 2 N–H and O–H groups in total. The van der Waals surface area contributed by atoms with E-state index in [-0.39, 0.29) is 0 Å². The van der Waals surface area contributed by atoms with Crippen LogP contribution < -0.4 is 10.6 Å². The third-order valence-electron chi connectivity index (χ3n) is 2.77. The van der Waals surface area contributed by atoms with Gasteiger partial charge in [-0.1, -0.05) is 5.16 Å². The standard InChI is InChI=1S/C13H20N6O2/c1-5-14-13(16-7-12-18-10(4)19-21-12)15-6-11-17-8(2)9(3)20-11/h5-7H2,1-4H3,(H2,14,15,16). The van der Waals surface area contributed by atoms with Crippen molar-refractivity contribution in [2.24, 2.45) is 4.99 Å². The second-order valence-electron chi connectivity index (χ2n) is 4.53. The van der Waals surface area contributed by atoms with Gasteiger partial charge in [-0.2, -0.15) is 4.98 Å². The number of hydrogen-bond donors (Lipinski definition) is 2. The molecule has 0 bridgehead atoms. The molecule has 0 fully saturated rings. The minimum Gasteiger partial charge on any atom is -0.444 e. The number of guanidine groups is 1. The van der Waals surface area contributed by atoms with E-state index >= 15 is 0 Å². The molecule has 2 heterocycles. The molecule has 114 valence electrons. The van der Waals surface area contributed by atoms with Crippen molar-refractivity contribution in [3.8, 4) is 0 Å². The zero-order valence-electron chi connectivity index (χ0n) is 12.7. The second kappa shape index (κ2) is 6.87. The van der Waals surface area contributed by atoms with E-state index < -0.39 is 0 Å². The SMILES string of the molecule is CCNC(=NCc1nc(C)no1)NCc1nc(C)c(C)o1. The zero-order valence-corrected chi connectivity index (χ0v) is 12.7. The van der Waals surface area contributed by atoms with Crippen molar-refractivity contribution in [2.75, 3.05) is 6.54 Å². The van der Waals surface area contributed by atoms with E-state index in [4.69, 9.17) is 8.94 Å². The van der Waals surface area contributed by atoms with Crippen LogP contribution in [0, 0.1) is 20.8 Å². The number of aromatic nitrogens is 3. The van der Waals surface area contributed by atoms with Crippen LogP contribution in [0.5, 0.6) is 0 Å². The molecular formula is C13H20N6O2. The predicted molar refractivity (Wildman–Crippen MR) is 76.7 cm³/mol. The van der Waals surface area contributed by atoms with Gasteiger partial charge in [0.15, 0.2) is 11.8 Å². The summed E-state index contributed by atoms with van der Waals surface area (Å²) in [6.45, 7) is 9.10. The molecular weight excluding hydrogens is 272 g/mol. The summed E-state index contributed by atoms with van der Waals surface area (Å²) in [7, 11) is 0. The first-order chi connectivity index (χ1) is 10.1. The highest BCUT2D eigenvalue weighted by Gasteiger charge is 2.07. The molecule has 0 radical (unpaired) electrons. The summed E-state index contributed by atoms with van der Waals surface area (Å²) >= 11 is 0. The lowest BCUT2D eigenvalue weighted by Crippen LogP contribution is -2.36. The molecule has 2 aromatic heterocycles. The number of nitrogens with one attached hydrogen (secondary N) is 2. The van der Waals surface area contributed by atoms with Crippen molar-refractivity contribution in [2.45, 2.75) is 40.8 Å². The molecule has 2 rings (SSSR count). The Morgan fingerprint density at radius 3 is 2.52 bits per heavy atom. The molecule has 0 atom stereocenters. The number of oxazole rings is 1. The van der Waals surface area contributed by atoms with Gasteiger partial charge in [0.2, 0.25) is 11.8 Å². The fourth-order valence-electron chi connectivity index (χ4n) is 1.67. The van der Waals surface area contributed by atoms with Crippen LogP contribution in [-0.2, 0) is 13.1 Å². The van der Waals surface area contributed by atoms with Crippen molar-refractivity contribution in [1.82, 2.24) is 25.8 Å². The van der Waals surface area contributed by atoms with Gasteiger partial charge >= 0.3 is 0 Å². The smallest absolute Gasteiger partial charge is 0.248 e. The van der Waals surface area contributed by atoms with Crippen LogP contribution in [0.25, 0.3) is 0 Å². The molecule has 0 spiro atoms. The average molecular weight is 292 g/mol. The summed E-state index contributed by atoms with van der Waals surface area (Å²) < 4.78 is 10.5. The van der Waals surface area contributed by atoms with Gasteiger partial charge in [0, 0.05) is 6.54 Å². The second-order valence-corrected chi connectivity index (χ2v) is 4.53. The minimum atomic E-state index is 0.319. The van der Waals surface area contributed by atoms with Gasteiger partial charge in [-0.25, -0.2) is 9.98 Å². The summed E-state index contributed by atoms with van der Waals surface area (Å²) in [6.07, 6.45) is 0. The number of nitrogens with zero attached hydrogens (tertiary/aromatic N) is 4. The van der Waals surface area contributed by atoms with Crippen molar-refractivity contribution in [3.05, 3.63) is 29.1 Å². The molecule has 0 aliphatic rings. The summed E-state index contributed by atoms with van der Waals surface area (Å²) in [4.78, 5) is 12.8. The molecule has 0 saturated carbocycles. The van der Waals surface area contributed by atoms with Crippen molar-refractivity contribution in [3.63, 3.8) is 0 Å². The Morgan fingerprint density at radius 2 is 1.95 bits per heavy atom. The van der Waals surface area contributed by atoms with Crippen molar-refractivity contribution in [1.29, 1.82) is 0 Å². The van der Waals surface area contributed by atoms with E-state index in [1.807, 2.05) is 20.8 Å². The Hall–Kier alpha value is -2.38. The highest BCUT2D eigenvalue weighted by molar-refractivity contribution is 5.79. The average Bonchev–Trinajstić information content (AvgIpc) is 3.00. The van der Waals surface area contributed by atoms with Crippen LogP contribution in [0.15, 0.2) is 13.9 Å². The summed E-state index contributed by atoms with van der Waals surface area (Å²) in [6, 6.07) is 0. The van der Waals surface area contributed by atoms with Crippen LogP contribution in [-0.4, -0.2) is 27.6 Å². The van der Waals surface area contributed by atoms with Gasteiger partial charge in [-0.05, 0) is 27.7 Å². The van der Waals surface area contributed by atoms with Gasteiger partial charge in [0.05, 0.1) is 12.2 Å². The van der Waals surface area contributed by atoms with E-state index in [1.54, 1.807) is 6.92 Å². The van der Waals surface area contributed by atoms with Gasteiger partial charge in [-0.3, -0.25) is 0 Å². The van der Waals surface area contributed by atoms with Gasteiger partial charge in [-0.15, -0.1) is 0 Å². The Kier molecular flexibility index (Phi) is 4.91. The Morgan fingerprint density at radius 1 is 1.14 bits per heavy atom. The van der Waals surface area contributed by atoms with Crippen molar-refractivity contribution < 1.29 is 8.94 Å². The van der Waals surface area contributed by atoms with E-state index in [1.165, 1.54) is 0 Å². The fourth-order valence-corrected chi connectivity index (χ4v) is 1.67. The van der Waals surface area contributed by atoms with Gasteiger partial charge in [0.1, 0.15) is 12.3 Å². The molecule has 0 aliphatic carbocycles. The van der Waals surface area contributed by atoms with Crippen LogP contribution in [0.4, 0.5) is 0 Å². The number of rotatable bonds is 5. The van der Waals surface area contributed by atoms with Gasteiger partial charge in [0.25, 0.3) is 0 Å². The number of aliphatic imine (C=N–C) groups is 1. The maximum atomic E-state index is 5.51. The number of hydrogen-bond acceptors (Lipinski definition) is 6. The largest absolute Gasteiger partial charge is 0.444 e. The number of aryl methyl sites for hydroxylation is 3. The lowest BCUT2D eigenvalue weighted by Gasteiger charge is -2.08. The van der Waals surface area contributed by atoms with E-state index in [0.29, 0.717) is 36.7 Å². The van der Waals surface area contributed by atoms with Crippen LogP contribution in [0.3, 0.4) is 0 Å². The summed E-state index contributed by atoms with van der Waals surface area (Å²) in [5.41, 5.74) is 0.898. The monoisotopic (exact) mass is 292 g/mol. The van der Waals surface area contributed by atoms with E-state index in [0.717, 1.165) is 18.0 Å². The highest BCUT2D eigenvalue weighted by atomic mass is 16.5. The maximum Gasteiger partial charge on any atom is 0.248 e. The molecule has 8 nitrogen and oxygen atoms in total. The Balaban J connectivity index is 1.94. The quantitative estimate of drug-likeness (QED) is 0.631. The molecule has 0 aliphatic heterocycles. The topological polar surface area (TPSA) is 101 Å².